The third kappa shape index (κ3) is 4.30. The van der Waals surface area contributed by atoms with Gasteiger partial charge in [0, 0.05) is 27.2 Å². The van der Waals surface area contributed by atoms with E-state index in [1.165, 1.54) is 12.1 Å². The standard InChI is InChI=1S/C14H12BrF2NS/c15-10-2-1-3-13(6-10)19-8-14(18)9-4-11(16)7-12(17)5-9/h1-7,14H,8,18H2. The summed E-state index contributed by atoms with van der Waals surface area (Å²) in [5.74, 6) is -0.643. The predicted molar refractivity (Wildman–Crippen MR) is 78.2 cm³/mol. The van der Waals surface area contributed by atoms with Crippen molar-refractivity contribution in [2.45, 2.75) is 10.9 Å². The maximum Gasteiger partial charge on any atom is 0.126 e. The van der Waals surface area contributed by atoms with Gasteiger partial charge in [-0.2, -0.15) is 0 Å². The minimum atomic E-state index is -0.599. The summed E-state index contributed by atoms with van der Waals surface area (Å²) in [5, 5.41) is 0. The number of benzene rings is 2. The van der Waals surface area contributed by atoms with Gasteiger partial charge in [0.2, 0.25) is 0 Å². The Morgan fingerprint density at radius 3 is 2.42 bits per heavy atom. The van der Waals surface area contributed by atoms with Gasteiger partial charge >= 0.3 is 0 Å². The van der Waals surface area contributed by atoms with Gasteiger partial charge in [0.1, 0.15) is 11.6 Å². The molecule has 100 valence electrons. The van der Waals surface area contributed by atoms with Gasteiger partial charge in [-0.05, 0) is 35.9 Å². The first-order valence-electron chi connectivity index (χ1n) is 5.64. The first-order chi connectivity index (χ1) is 9.04. The summed E-state index contributed by atoms with van der Waals surface area (Å²) >= 11 is 4.94. The van der Waals surface area contributed by atoms with Crippen LogP contribution in [0.4, 0.5) is 8.78 Å². The van der Waals surface area contributed by atoms with Crippen LogP contribution in [0.25, 0.3) is 0 Å². The molecule has 2 rings (SSSR count). The molecule has 0 radical (unpaired) electrons. The lowest BCUT2D eigenvalue weighted by molar-refractivity contribution is 0.576. The molecule has 5 heteroatoms. The summed E-state index contributed by atoms with van der Waals surface area (Å²) in [6, 6.07) is 10.8. The number of thioether (sulfide) groups is 1. The van der Waals surface area contributed by atoms with E-state index in [0.29, 0.717) is 11.3 Å². The molecular weight excluding hydrogens is 332 g/mol. The molecule has 0 aromatic heterocycles. The van der Waals surface area contributed by atoms with Crippen molar-refractivity contribution >= 4 is 27.7 Å². The van der Waals surface area contributed by atoms with Crippen molar-refractivity contribution in [3.05, 3.63) is 64.1 Å². The maximum absolute atomic E-state index is 13.1. The highest BCUT2D eigenvalue weighted by atomic mass is 79.9. The molecule has 0 aliphatic carbocycles. The van der Waals surface area contributed by atoms with E-state index in [1.807, 2.05) is 24.3 Å². The van der Waals surface area contributed by atoms with E-state index in [-0.39, 0.29) is 0 Å². The van der Waals surface area contributed by atoms with E-state index in [9.17, 15) is 8.78 Å². The van der Waals surface area contributed by atoms with Gasteiger partial charge in [-0.1, -0.05) is 22.0 Å². The molecule has 0 aliphatic heterocycles. The number of rotatable bonds is 4. The molecule has 2 aromatic rings. The first-order valence-corrected chi connectivity index (χ1v) is 7.42. The Balaban J connectivity index is 2.03. The molecule has 0 fully saturated rings. The van der Waals surface area contributed by atoms with E-state index < -0.39 is 17.7 Å². The summed E-state index contributed by atoms with van der Waals surface area (Å²) in [6.45, 7) is 0. The second-order valence-corrected chi connectivity index (χ2v) is 6.09. The van der Waals surface area contributed by atoms with E-state index in [2.05, 4.69) is 15.9 Å². The van der Waals surface area contributed by atoms with Crippen molar-refractivity contribution in [2.24, 2.45) is 5.73 Å². The molecular formula is C14H12BrF2NS. The van der Waals surface area contributed by atoms with Crippen molar-refractivity contribution in [2.75, 3.05) is 5.75 Å². The molecule has 0 heterocycles. The molecule has 1 nitrogen and oxygen atoms in total. The molecule has 2 N–H and O–H groups in total. The van der Waals surface area contributed by atoms with Crippen LogP contribution in [0.5, 0.6) is 0 Å². The van der Waals surface area contributed by atoms with Crippen LogP contribution in [0, 0.1) is 11.6 Å². The molecule has 0 saturated carbocycles. The summed E-state index contributed by atoms with van der Waals surface area (Å²) in [5.41, 5.74) is 6.43. The fourth-order valence-corrected chi connectivity index (χ4v) is 3.13. The highest BCUT2D eigenvalue weighted by Crippen LogP contribution is 2.26. The van der Waals surface area contributed by atoms with Crippen LogP contribution in [0.15, 0.2) is 51.8 Å². The normalized spacial score (nSPS) is 12.4. The Bertz CT molecular complexity index is 557. The summed E-state index contributed by atoms with van der Waals surface area (Å²) in [6.07, 6.45) is 0. The van der Waals surface area contributed by atoms with Crippen molar-refractivity contribution in [1.82, 2.24) is 0 Å². The zero-order valence-electron chi connectivity index (χ0n) is 9.95. The van der Waals surface area contributed by atoms with Gasteiger partial charge in [-0.15, -0.1) is 11.8 Å². The first kappa shape index (κ1) is 14.5. The Kier molecular flexibility index (Phi) is 4.96. The van der Waals surface area contributed by atoms with Crippen molar-refractivity contribution in [1.29, 1.82) is 0 Å². The lowest BCUT2D eigenvalue weighted by atomic mass is 10.1. The van der Waals surface area contributed by atoms with Crippen molar-refractivity contribution < 1.29 is 8.78 Å². The van der Waals surface area contributed by atoms with E-state index >= 15 is 0 Å². The smallest absolute Gasteiger partial charge is 0.126 e. The van der Waals surface area contributed by atoms with Crippen LogP contribution >= 0.6 is 27.7 Å². The minimum Gasteiger partial charge on any atom is -0.323 e. The van der Waals surface area contributed by atoms with Crippen LogP contribution in [0.3, 0.4) is 0 Å². The zero-order chi connectivity index (χ0) is 13.8. The molecule has 0 aliphatic rings. The summed E-state index contributed by atoms with van der Waals surface area (Å²) in [4.78, 5) is 1.06. The second-order valence-electron chi connectivity index (χ2n) is 4.08. The van der Waals surface area contributed by atoms with Crippen LogP contribution in [0.1, 0.15) is 11.6 Å². The number of hydrogen-bond donors (Lipinski definition) is 1. The van der Waals surface area contributed by atoms with Gasteiger partial charge in [-0.25, -0.2) is 8.78 Å². The highest BCUT2D eigenvalue weighted by Gasteiger charge is 2.10. The summed E-state index contributed by atoms with van der Waals surface area (Å²) < 4.78 is 27.2. The molecule has 2 aromatic carbocycles. The van der Waals surface area contributed by atoms with Crippen molar-refractivity contribution in [3.8, 4) is 0 Å². The molecule has 0 saturated heterocycles. The molecule has 0 spiro atoms. The van der Waals surface area contributed by atoms with Gasteiger partial charge in [-0.3, -0.25) is 0 Å². The average molecular weight is 344 g/mol. The zero-order valence-corrected chi connectivity index (χ0v) is 12.3. The lowest BCUT2D eigenvalue weighted by Crippen LogP contribution is -2.13. The molecule has 1 atom stereocenters. The Morgan fingerprint density at radius 2 is 1.79 bits per heavy atom. The minimum absolute atomic E-state index is 0.408. The van der Waals surface area contributed by atoms with Gasteiger partial charge in [0.05, 0.1) is 0 Å². The van der Waals surface area contributed by atoms with Gasteiger partial charge in [0.15, 0.2) is 0 Å². The third-order valence-corrected chi connectivity index (χ3v) is 4.14. The van der Waals surface area contributed by atoms with Crippen LogP contribution in [-0.2, 0) is 0 Å². The van der Waals surface area contributed by atoms with Gasteiger partial charge in [0.25, 0.3) is 0 Å². The van der Waals surface area contributed by atoms with Gasteiger partial charge < -0.3 is 5.73 Å². The number of nitrogens with two attached hydrogens (primary N) is 1. The summed E-state index contributed by atoms with van der Waals surface area (Å²) in [7, 11) is 0. The van der Waals surface area contributed by atoms with E-state index in [0.717, 1.165) is 15.4 Å². The largest absolute Gasteiger partial charge is 0.323 e. The fourth-order valence-electron chi connectivity index (χ4n) is 1.63. The predicted octanol–water partition coefficient (Wildman–Crippen LogP) is 4.52. The lowest BCUT2D eigenvalue weighted by Gasteiger charge is -2.12. The van der Waals surface area contributed by atoms with E-state index in [4.69, 9.17) is 5.73 Å². The monoisotopic (exact) mass is 343 g/mol. The maximum atomic E-state index is 13.1. The Labute approximate surface area is 123 Å². The Morgan fingerprint density at radius 1 is 1.11 bits per heavy atom. The molecule has 19 heavy (non-hydrogen) atoms. The highest BCUT2D eigenvalue weighted by molar-refractivity contribution is 9.10. The fraction of sp³-hybridized carbons (Fsp3) is 0.143. The second kappa shape index (κ2) is 6.50. The van der Waals surface area contributed by atoms with Crippen LogP contribution < -0.4 is 5.73 Å². The quantitative estimate of drug-likeness (QED) is 0.826. The molecule has 0 amide bonds. The average Bonchev–Trinajstić information content (AvgIpc) is 2.35. The van der Waals surface area contributed by atoms with E-state index in [1.54, 1.807) is 11.8 Å². The Hall–Kier alpha value is -0.910. The van der Waals surface area contributed by atoms with Crippen LogP contribution in [-0.4, -0.2) is 5.75 Å². The van der Waals surface area contributed by atoms with Crippen molar-refractivity contribution in [3.63, 3.8) is 0 Å². The molecule has 1 unspecified atom stereocenters. The number of halogens is 3. The third-order valence-electron chi connectivity index (χ3n) is 2.54. The SMILES string of the molecule is NC(CSc1cccc(Br)c1)c1cc(F)cc(F)c1. The molecule has 0 bridgehead atoms. The number of hydrogen-bond acceptors (Lipinski definition) is 2. The van der Waals surface area contributed by atoms with Crippen LogP contribution in [0.2, 0.25) is 0 Å². The topological polar surface area (TPSA) is 26.0 Å².